The fourth-order valence-electron chi connectivity index (χ4n) is 4.76. The van der Waals surface area contributed by atoms with Crippen LogP contribution in [0.25, 0.3) is 16.9 Å². The van der Waals surface area contributed by atoms with Crippen molar-refractivity contribution in [1.29, 1.82) is 0 Å². The molecule has 0 radical (unpaired) electrons. The Labute approximate surface area is 244 Å². The van der Waals surface area contributed by atoms with Gasteiger partial charge in [0.15, 0.2) is 5.69 Å². The van der Waals surface area contributed by atoms with Crippen LogP contribution in [0, 0.1) is 0 Å². The summed E-state index contributed by atoms with van der Waals surface area (Å²) in [4.78, 5) is 26.0. The minimum absolute atomic E-state index is 0.00144. The number of methoxy groups -OCH3 is 3. The Bertz CT molecular complexity index is 1700. The van der Waals surface area contributed by atoms with E-state index in [4.69, 9.17) is 24.0 Å². The zero-order valence-corrected chi connectivity index (χ0v) is 23.6. The molecule has 212 valence electrons. The van der Waals surface area contributed by atoms with E-state index in [1.807, 2.05) is 66.7 Å². The van der Waals surface area contributed by atoms with Crippen LogP contribution in [0.3, 0.4) is 0 Å². The second kappa shape index (κ2) is 12.9. The van der Waals surface area contributed by atoms with Gasteiger partial charge >= 0.3 is 11.9 Å². The van der Waals surface area contributed by atoms with Crippen molar-refractivity contribution in [3.8, 4) is 28.4 Å². The number of benzene rings is 4. The molecule has 5 rings (SSSR count). The first-order valence-electron chi connectivity index (χ1n) is 13.3. The third-order valence-electron chi connectivity index (χ3n) is 6.80. The monoisotopic (exact) mass is 562 g/mol. The van der Waals surface area contributed by atoms with E-state index < -0.39 is 11.9 Å². The molecule has 1 aromatic heterocycles. The third-order valence-corrected chi connectivity index (χ3v) is 6.80. The van der Waals surface area contributed by atoms with E-state index >= 15 is 0 Å². The van der Waals surface area contributed by atoms with Gasteiger partial charge in [0.05, 0.1) is 27.0 Å². The SMILES string of the molecule is COC(=O)c1c(-c2ccc(OC)c(COc3ccccc3Cc3ccccc3)c2)nn(-c2ccccc2)c1C(=O)OC. The molecule has 8 heteroatoms. The lowest BCUT2D eigenvalue weighted by Gasteiger charge is -2.14. The highest BCUT2D eigenvalue weighted by Gasteiger charge is 2.31. The predicted molar refractivity (Wildman–Crippen MR) is 158 cm³/mol. The van der Waals surface area contributed by atoms with Gasteiger partial charge in [0.1, 0.15) is 29.4 Å². The smallest absolute Gasteiger partial charge is 0.357 e. The van der Waals surface area contributed by atoms with Crippen LogP contribution < -0.4 is 9.47 Å². The molecule has 0 bridgehead atoms. The molecule has 8 nitrogen and oxygen atoms in total. The molecular formula is C34H30N2O6. The van der Waals surface area contributed by atoms with Gasteiger partial charge in [-0.05, 0) is 47.5 Å². The van der Waals surface area contributed by atoms with Gasteiger partial charge < -0.3 is 18.9 Å². The average Bonchev–Trinajstić information content (AvgIpc) is 3.45. The summed E-state index contributed by atoms with van der Waals surface area (Å²) in [5.74, 6) is -0.0684. The lowest BCUT2D eigenvalue weighted by molar-refractivity contribution is 0.0549. The molecule has 0 aliphatic heterocycles. The summed E-state index contributed by atoms with van der Waals surface area (Å²) in [5.41, 5.74) is 4.35. The number of rotatable bonds is 10. The molecule has 0 fully saturated rings. The second-order valence-corrected chi connectivity index (χ2v) is 9.39. The van der Waals surface area contributed by atoms with E-state index in [0.717, 1.165) is 23.3 Å². The number of hydrogen-bond acceptors (Lipinski definition) is 7. The predicted octanol–water partition coefficient (Wildman–Crippen LogP) is 6.29. The van der Waals surface area contributed by atoms with Crippen LogP contribution in [0.4, 0.5) is 0 Å². The largest absolute Gasteiger partial charge is 0.496 e. The maximum atomic E-state index is 13.1. The number of hydrogen-bond donors (Lipinski definition) is 0. The van der Waals surface area contributed by atoms with E-state index in [9.17, 15) is 9.59 Å². The van der Waals surface area contributed by atoms with Crippen LogP contribution in [0.15, 0.2) is 103 Å². The minimum atomic E-state index is -0.718. The molecule has 0 aliphatic rings. The molecule has 4 aromatic carbocycles. The van der Waals surface area contributed by atoms with Crippen molar-refractivity contribution >= 4 is 11.9 Å². The molecule has 5 aromatic rings. The van der Waals surface area contributed by atoms with Gasteiger partial charge in [-0.25, -0.2) is 14.3 Å². The van der Waals surface area contributed by atoms with Crippen LogP contribution in [0.5, 0.6) is 11.5 Å². The summed E-state index contributed by atoms with van der Waals surface area (Å²) in [6.07, 6.45) is 0.726. The zero-order valence-electron chi connectivity index (χ0n) is 23.6. The van der Waals surface area contributed by atoms with E-state index in [-0.39, 0.29) is 23.6 Å². The number of ether oxygens (including phenoxy) is 4. The quantitative estimate of drug-likeness (QED) is 0.185. The number of esters is 2. The summed E-state index contributed by atoms with van der Waals surface area (Å²) in [7, 11) is 4.10. The van der Waals surface area contributed by atoms with Crippen molar-refractivity contribution in [2.45, 2.75) is 13.0 Å². The number of nitrogens with zero attached hydrogens (tertiary/aromatic N) is 2. The highest BCUT2D eigenvalue weighted by atomic mass is 16.5. The standard InChI is InChI=1S/C34H30N2O6/c1-39-28-19-18-25(21-26(28)22-42-29-17-11-10-14-24(29)20-23-12-6-4-7-13-23)31-30(33(37)40-2)32(34(38)41-3)36(35-31)27-15-8-5-9-16-27/h4-19,21H,20,22H2,1-3H3. The third kappa shape index (κ3) is 5.88. The zero-order chi connectivity index (χ0) is 29.5. The van der Waals surface area contributed by atoms with Gasteiger partial charge in [0.25, 0.3) is 0 Å². The van der Waals surface area contributed by atoms with Crippen molar-refractivity contribution < 1.29 is 28.5 Å². The fraction of sp³-hybridized carbons (Fsp3) is 0.147. The van der Waals surface area contributed by atoms with Crippen LogP contribution >= 0.6 is 0 Å². The van der Waals surface area contributed by atoms with Gasteiger partial charge in [0.2, 0.25) is 0 Å². The number of carbonyl (C=O) groups excluding carboxylic acids is 2. The van der Waals surface area contributed by atoms with Crippen molar-refractivity contribution in [3.05, 3.63) is 131 Å². The first kappa shape index (κ1) is 28.2. The van der Waals surface area contributed by atoms with Gasteiger partial charge in [-0.1, -0.05) is 66.7 Å². The Morgan fingerprint density at radius 2 is 1.38 bits per heavy atom. The van der Waals surface area contributed by atoms with Gasteiger partial charge in [-0.15, -0.1) is 0 Å². The van der Waals surface area contributed by atoms with Gasteiger partial charge in [-0.3, -0.25) is 0 Å². The lowest BCUT2D eigenvalue weighted by atomic mass is 10.0. The summed E-state index contributed by atoms with van der Waals surface area (Å²) in [5, 5.41) is 4.70. The Balaban J connectivity index is 1.55. The molecule has 0 N–H and O–H groups in total. The molecule has 0 atom stereocenters. The lowest BCUT2D eigenvalue weighted by Crippen LogP contribution is -2.15. The topological polar surface area (TPSA) is 88.9 Å². The molecule has 1 heterocycles. The summed E-state index contributed by atoms with van der Waals surface area (Å²) in [6, 6.07) is 32.5. The summed E-state index contributed by atoms with van der Waals surface area (Å²) < 4.78 is 23.5. The summed E-state index contributed by atoms with van der Waals surface area (Å²) in [6.45, 7) is 0.194. The van der Waals surface area contributed by atoms with E-state index in [1.165, 1.54) is 24.5 Å². The molecule has 0 aliphatic carbocycles. The molecule has 42 heavy (non-hydrogen) atoms. The first-order chi connectivity index (χ1) is 20.5. The average molecular weight is 563 g/mol. The molecule has 0 saturated heterocycles. The maximum absolute atomic E-state index is 13.1. The highest BCUT2D eigenvalue weighted by Crippen LogP contribution is 2.33. The first-order valence-corrected chi connectivity index (χ1v) is 13.3. The molecule has 0 saturated carbocycles. The Morgan fingerprint density at radius 1 is 0.714 bits per heavy atom. The molecule has 0 unspecified atom stereocenters. The molecule has 0 spiro atoms. The maximum Gasteiger partial charge on any atom is 0.357 e. The fourth-order valence-corrected chi connectivity index (χ4v) is 4.76. The Morgan fingerprint density at radius 3 is 2.07 bits per heavy atom. The van der Waals surface area contributed by atoms with Crippen molar-refractivity contribution in [2.24, 2.45) is 0 Å². The van der Waals surface area contributed by atoms with Crippen molar-refractivity contribution in [1.82, 2.24) is 9.78 Å². The van der Waals surface area contributed by atoms with E-state index in [2.05, 4.69) is 12.1 Å². The van der Waals surface area contributed by atoms with E-state index in [1.54, 1.807) is 31.4 Å². The molecular weight excluding hydrogens is 532 g/mol. The highest BCUT2D eigenvalue weighted by molar-refractivity contribution is 6.06. The Hall–Kier alpha value is -5.37. The van der Waals surface area contributed by atoms with Gasteiger partial charge in [-0.2, -0.15) is 5.10 Å². The summed E-state index contributed by atoms with van der Waals surface area (Å²) >= 11 is 0. The van der Waals surface area contributed by atoms with Crippen molar-refractivity contribution in [3.63, 3.8) is 0 Å². The second-order valence-electron chi connectivity index (χ2n) is 9.39. The minimum Gasteiger partial charge on any atom is -0.496 e. The van der Waals surface area contributed by atoms with Crippen LogP contribution in [0.2, 0.25) is 0 Å². The van der Waals surface area contributed by atoms with Crippen LogP contribution in [-0.2, 0) is 22.5 Å². The Kier molecular flexibility index (Phi) is 8.63. The van der Waals surface area contributed by atoms with Crippen LogP contribution in [-0.4, -0.2) is 43.0 Å². The van der Waals surface area contributed by atoms with Crippen LogP contribution in [0.1, 0.15) is 37.5 Å². The van der Waals surface area contributed by atoms with Gasteiger partial charge in [0, 0.05) is 17.5 Å². The number of para-hydroxylation sites is 2. The molecule has 0 amide bonds. The normalized spacial score (nSPS) is 10.6. The van der Waals surface area contributed by atoms with E-state index in [0.29, 0.717) is 17.0 Å². The number of aromatic nitrogens is 2. The number of carbonyl (C=O) groups is 2. The van der Waals surface area contributed by atoms with Crippen molar-refractivity contribution in [2.75, 3.05) is 21.3 Å².